The Morgan fingerprint density at radius 2 is 2.00 bits per heavy atom. The van der Waals surface area contributed by atoms with Crippen molar-refractivity contribution in [3.8, 4) is 0 Å². The van der Waals surface area contributed by atoms with Crippen LogP contribution in [0.25, 0.3) is 0 Å². The quantitative estimate of drug-likeness (QED) is 0.838. The first kappa shape index (κ1) is 16.0. The molecule has 1 aliphatic carbocycles. The molecule has 1 aliphatic rings. The van der Waals surface area contributed by atoms with Gasteiger partial charge in [0.1, 0.15) is 6.04 Å². The standard InChI is InChI=1S/C18H27NO2/c1-5-12(2)17(18(20)21-4)19-16-11-10-13(3)14-8-6-7-9-15(14)16/h6-9,12-13,16-17,19H,5,10-11H2,1-4H3. The molecule has 4 atom stereocenters. The Morgan fingerprint density at radius 3 is 2.62 bits per heavy atom. The summed E-state index contributed by atoms with van der Waals surface area (Å²) in [6.07, 6.45) is 3.18. The summed E-state index contributed by atoms with van der Waals surface area (Å²) in [6, 6.07) is 8.60. The van der Waals surface area contributed by atoms with Gasteiger partial charge in [-0.3, -0.25) is 10.1 Å². The zero-order valence-electron chi connectivity index (χ0n) is 13.6. The molecule has 1 aromatic rings. The number of hydrogen-bond acceptors (Lipinski definition) is 3. The smallest absolute Gasteiger partial charge is 0.323 e. The Balaban J connectivity index is 2.22. The largest absolute Gasteiger partial charge is 0.468 e. The van der Waals surface area contributed by atoms with Gasteiger partial charge in [-0.1, -0.05) is 51.5 Å². The number of fused-ring (bicyclic) bond motifs is 1. The number of carbonyl (C=O) groups is 1. The number of benzene rings is 1. The minimum atomic E-state index is -0.230. The maximum atomic E-state index is 12.1. The summed E-state index contributed by atoms with van der Waals surface area (Å²) in [5, 5.41) is 3.56. The zero-order valence-corrected chi connectivity index (χ0v) is 13.6. The summed E-state index contributed by atoms with van der Waals surface area (Å²) in [5.74, 6) is 0.712. The number of ether oxygens (including phenoxy) is 1. The van der Waals surface area contributed by atoms with Gasteiger partial charge in [0, 0.05) is 6.04 Å². The second kappa shape index (κ2) is 7.08. The van der Waals surface area contributed by atoms with Crippen LogP contribution in [0.5, 0.6) is 0 Å². The van der Waals surface area contributed by atoms with Crippen molar-refractivity contribution >= 4 is 5.97 Å². The molecule has 0 spiro atoms. The van der Waals surface area contributed by atoms with Gasteiger partial charge in [0.25, 0.3) is 0 Å². The molecular weight excluding hydrogens is 262 g/mol. The van der Waals surface area contributed by atoms with Crippen LogP contribution in [-0.4, -0.2) is 19.1 Å². The van der Waals surface area contributed by atoms with E-state index >= 15 is 0 Å². The van der Waals surface area contributed by atoms with Crippen LogP contribution >= 0.6 is 0 Å². The maximum absolute atomic E-state index is 12.1. The van der Waals surface area contributed by atoms with Crippen LogP contribution in [0.15, 0.2) is 24.3 Å². The lowest BCUT2D eigenvalue weighted by molar-refractivity contribution is -0.144. The molecule has 0 saturated carbocycles. The molecule has 21 heavy (non-hydrogen) atoms. The first-order valence-electron chi connectivity index (χ1n) is 8.01. The molecule has 1 aromatic carbocycles. The van der Waals surface area contributed by atoms with Gasteiger partial charge in [0.05, 0.1) is 7.11 Å². The van der Waals surface area contributed by atoms with Gasteiger partial charge in [0.2, 0.25) is 0 Å². The molecule has 2 rings (SSSR count). The maximum Gasteiger partial charge on any atom is 0.323 e. The molecule has 0 amide bonds. The van der Waals surface area contributed by atoms with Gasteiger partial charge < -0.3 is 4.74 Å². The molecule has 0 aromatic heterocycles. The van der Waals surface area contributed by atoms with Crippen molar-refractivity contribution in [2.75, 3.05) is 7.11 Å². The number of nitrogens with one attached hydrogen (secondary N) is 1. The predicted octanol–water partition coefficient (Wildman–Crippen LogP) is 3.80. The van der Waals surface area contributed by atoms with Gasteiger partial charge in [-0.15, -0.1) is 0 Å². The van der Waals surface area contributed by atoms with Crippen molar-refractivity contribution in [1.82, 2.24) is 5.32 Å². The average molecular weight is 289 g/mol. The number of rotatable bonds is 5. The summed E-state index contributed by atoms with van der Waals surface area (Å²) in [6.45, 7) is 6.49. The van der Waals surface area contributed by atoms with Gasteiger partial charge in [0.15, 0.2) is 0 Å². The monoisotopic (exact) mass is 289 g/mol. The molecule has 3 nitrogen and oxygen atoms in total. The Kier molecular flexibility index (Phi) is 5.40. The van der Waals surface area contributed by atoms with E-state index in [9.17, 15) is 4.79 Å². The van der Waals surface area contributed by atoms with Crippen LogP contribution in [0.2, 0.25) is 0 Å². The van der Waals surface area contributed by atoms with E-state index in [1.807, 2.05) is 0 Å². The third-order valence-corrected chi connectivity index (χ3v) is 4.84. The molecule has 4 unspecified atom stereocenters. The first-order chi connectivity index (χ1) is 10.1. The molecular formula is C18H27NO2. The fourth-order valence-electron chi connectivity index (χ4n) is 3.22. The highest BCUT2D eigenvalue weighted by atomic mass is 16.5. The normalized spacial score (nSPS) is 24.0. The molecule has 0 fully saturated rings. The number of hydrogen-bond donors (Lipinski definition) is 1. The van der Waals surface area contributed by atoms with Crippen LogP contribution in [0.3, 0.4) is 0 Å². The fraction of sp³-hybridized carbons (Fsp3) is 0.611. The Morgan fingerprint density at radius 1 is 1.33 bits per heavy atom. The second-order valence-corrected chi connectivity index (χ2v) is 6.21. The van der Waals surface area contributed by atoms with Crippen molar-refractivity contribution in [2.24, 2.45) is 5.92 Å². The molecule has 0 aliphatic heterocycles. The van der Waals surface area contributed by atoms with Crippen LogP contribution in [0.4, 0.5) is 0 Å². The molecule has 0 saturated heterocycles. The third kappa shape index (κ3) is 3.46. The predicted molar refractivity (Wildman–Crippen MR) is 85.2 cm³/mol. The van der Waals surface area contributed by atoms with Gasteiger partial charge >= 0.3 is 5.97 Å². The molecule has 0 radical (unpaired) electrons. The van der Waals surface area contributed by atoms with Gasteiger partial charge in [-0.2, -0.15) is 0 Å². The van der Waals surface area contributed by atoms with Crippen LogP contribution < -0.4 is 5.32 Å². The van der Waals surface area contributed by atoms with Gasteiger partial charge in [-0.25, -0.2) is 0 Å². The van der Waals surface area contributed by atoms with E-state index in [0.29, 0.717) is 5.92 Å². The van der Waals surface area contributed by atoms with E-state index in [1.54, 1.807) is 0 Å². The van der Waals surface area contributed by atoms with Crippen molar-refractivity contribution in [3.63, 3.8) is 0 Å². The Bertz CT molecular complexity index is 486. The molecule has 0 heterocycles. The third-order valence-electron chi connectivity index (χ3n) is 4.84. The zero-order chi connectivity index (χ0) is 15.4. The van der Waals surface area contributed by atoms with E-state index in [-0.39, 0.29) is 24.0 Å². The summed E-state index contributed by atoms with van der Waals surface area (Å²) >= 11 is 0. The lowest BCUT2D eigenvalue weighted by Crippen LogP contribution is -2.45. The van der Waals surface area contributed by atoms with Crippen molar-refractivity contribution in [2.45, 2.75) is 58.0 Å². The minimum Gasteiger partial charge on any atom is -0.468 e. The highest BCUT2D eigenvalue weighted by molar-refractivity contribution is 5.76. The fourth-order valence-corrected chi connectivity index (χ4v) is 3.22. The van der Waals surface area contributed by atoms with Gasteiger partial charge in [-0.05, 0) is 35.8 Å². The topological polar surface area (TPSA) is 38.3 Å². The van der Waals surface area contributed by atoms with Crippen molar-refractivity contribution in [1.29, 1.82) is 0 Å². The summed E-state index contributed by atoms with van der Waals surface area (Å²) in [5.41, 5.74) is 2.75. The number of carbonyl (C=O) groups excluding carboxylic acids is 1. The Labute approximate surface area is 128 Å². The van der Waals surface area contributed by atoms with Crippen molar-refractivity contribution in [3.05, 3.63) is 35.4 Å². The lowest BCUT2D eigenvalue weighted by atomic mass is 9.80. The molecule has 116 valence electrons. The molecule has 3 heteroatoms. The van der Waals surface area contributed by atoms with Crippen LogP contribution in [0, 0.1) is 5.92 Å². The van der Waals surface area contributed by atoms with E-state index in [1.165, 1.54) is 18.2 Å². The van der Waals surface area contributed by atoms with Crippen LogP contribution in [0.1, 0.15) is 63.1 Å². The highest BCUT2D eigenvalue weighted by Gasteiger charge is 2.31. The van der Waals surface area contributed by atoms with Crippen molar-refractivity contribution < 1.29 is 9.53 Å². The summed E-state index contributed by atoms with van der Waals surface area (Å²) in [4.78, 5) is 12.1. The molecule has 1 N–H and O–H groups in total. The molecule has 0 bridgehead atoms. The van der Waals surface area contributed by atoms with E-state index in [4.69, 9.17) is 4.74 Å². The summed E-state index contributed by atoms with van der Waals surface area (Å²) < 4.78 is 4.98. The summed E-state index contributed by atoms with van der Waals surface area (Å²) in [7, 11) is 1.47. The van der Waals surface area contributed by atoms with Crippen LogP contribution in [-0.2, 0) is 9.53 Å². The SMILES string of the molecule is CCC(C)C(NC1CCC(C)c2ccccc21)C(=O)OC. The first-order valence-corrected chi connectivity index (χ1v) is 8.01. The minimum absolute atomic E-state index is 0.152. The van der Waals surface area contributed by atoms with E-state index in [2.05, 4.69) is 50.4 Å². The average Bonchev–Trinajstić information content (AvgIpc) is 2.53. The van der Waals surface area contributed by atoms with E-state index in [0.717, 1.165) is 19.3 Å². The number of esters is 1. The second-order valence-electron chi connectivity index (χ2n) is 6.21. The number of methoxy groups -OCH3 is 1. The lowest BCUT2D eigenvalue weighted by Gasteiger charge is -2.34. The van der Waals surface area contributed by atoms with E-state index < -0.39 is 0 Å². The Hall–Kier alpha value is -1.35. The highest BCUT2D eigenvalue weighted by Crippen LogP contribution is 2.37.